The zero-order valence-corrected chi connectivity index (χ0v) is 20.5. The normalized spacial score (nSPS) is 12.1. The van der Waals surface area contributed by atoms with Crippen LogP contribution in [0.5, 0.6) is 0 Å². The number of ether oxygens (including phenoxy) is 1. The Morgan fingerprint density at radius 2 is 1.51 bits per heavy atom. The van der Waals surface area contributed by atoms with Gasteiger partial charge in [0, 0.05) is 32.7 Å². The third kappa shape index (κ3) is 5.04. The van der Waals surface area contributed by atoms with Crippen LogP contribution in [0.2, 0.25) is 5.02 Å². The number of rotatable bonds is 8. The van der Waals surface area contributed by atoms with Crippen molar-refractivity contribution in [1.29, 1.82) is 0 Å². The topological polar surface area (TPSA) is 43.4 Å². The maximum absolute atomic E-state index is 12.7. The molecule has 0 aromatic heterocycles. The van der Waals surface area contributed by atoms with Crippen LogP contribution in [0.25, 0.3) is 11.1 Å². The Labute approximate surface area is 214 Å². The van der Waals surface area contributed by atoms with Gasteiger partial charge in [-0.1, -0.05) is 96.2 Å². The summed E-state index contributed by atoms with van der Waals surface area (Å²) in [6.45, 7) is 0.321. The number of hydrogen-bond acceptors (Lipinski definition) is 4. The molecule has 0 aliphatic heterocycles. The molecular weight excluding hydrogens is 476 g/mol. The molecule has 0 saturated heterocycles. The average molecular weight is 499 g/mol. The van der Waals surface area contributed by atoms with Gasteiger partial charge in [0.15, 0.2) is 6.29 Å². The predicted octanol–water partition coefficient (Wildman–Crippen LogP) is 7.59. The Hall–Kier alpha value is -3.34. The maximum atomic E-state index is 12.7. The highest BCUT2D eigenvalue weighted by molar-refractivity contribution is 7.99. The Balaban J connectivity index is 1.26. The number of hydrogen-bond donors (Lipinski definition) is 0. The fourth-order valence-corrected chi connectivity index (χ4v) is 5.89. The minimum absolute atomic E-state index is 0.0489. The molecule has 0 fully saturated rings. The maximum Gasteiger partial charge on any atom is 0.306 e. The van der Waals surface area contributed by atoms with E-state index in [-0.39, 0.29) is 18.3 Å². The molecule has 174 valence electrons. The van der Waals surface area contributed by atoms with Crippen LogP contribution in [0.1, 0.15) is 39.4 Å². The van der Waals surface area contributed by atoms with E-state index in [1.807, 2.05) is 60.7 Å². The van der Waals surface area contributed by atoms with Crippen molar-refractivity contribution in [2.24, 2.45) is 0 Å². The van der Waals surface area contributed by atoms with E-state index in [4.69, 9.17) is 16.3 Å². The fourth-order valence-electron chi connectivity index (χ4n) is 4.54. The number of fused-ring (bicyclic) bond motifs is 3. The Bertz CT molecular complexity index is 1350. The number of benzene rings is 4. The summed E-state index contributed by atoms with van der Waals surface area (Å²) in [5.41, 5.74) is 6.44. The first-order chi connectivity index (χ1) is 17.1. The molecule has 0 bridgehead atoms. The standard InChI is InChI=1S/C30H23ClO3S/c31-22-15-13-20(29(17-22)35-28-12-6-1-7-21(28)18-32)14-16-30(33)34-19-27-25-10-4-2-8-23(25)24-9-3-5-11-26(24)27/h1-13,15,17-18,27H,14,16,19H2. The van der Waals surface area contributed by atoms with Gasteiger partial charge in [-0.15, -0.1) is 0 Å². The van der Waals surface area contributed by atoms with Crippen LogP contribution in [-0.4, -0.2) is 18.9 Å². The smallest absolute Gasteiger partial charge is 0.306 e. The summed E-state index contributed by atoms with van der Waals surface area (Å²) >= 11 is 7.73. The van der Waals surface area contributed by atoms with Crippen molar-refractivity contribution in [3.8, 4) is 11.1 Å². The number of carbonyl (C=O) groups is 2. The SMILES string of the molecule is O=Cc1ccccc1Sc1cc(Cl)ccc1CCC(=O)OCC1c2ccccc2-c2ccccc21. The van der Waals surface area contributed by atoms with Crippen molar-refractivity contribution in [1.82, 2.24) is 0 Å². The summed E-state index contributed by atoms with van der Waals surface area (Å²) in [6.07, 6.45) is 1.64. The van der Waals surface area contributed by atoms with E-state index in [2.05, 4.69) is 24.3 Å². The largest absolute Gasteiger partial charge is 0.465 e. The summed E-state index contributed by atoms with van der Waals surface area (Å²) < 4.78 is 5.76. The first-order valence-corrected chi connectivity index (χ1v) is 12.7. The lowest BCUT2D eigenvalue weighted by Crippen LogP contribution is -2.13. The lowest BCUT2D eigenvalue weighted by atomic mass is 9.98. The molecule has 0 N–H and O–H groups in total. The quantitative estimate of drug-likeness (QED) is 0.185. The molecule has 4 aromatic rings. The molecule has 0 atom stereocenters. The minimum atomic E-state index is -0.231. The predicted molar refractivity (Wildman–Crippen MR) is 140 cm³/mol. The van der Waals surface area contributed by atoms with Gasteiger partial charge >= 0.3 is 5.97 Å². The average Bonchev–Trinajstić information content (AvgIpc) is 3.21. The number of aryl methyl sites for hydroxylation is 1. The second kappa shape index (κ2) is 10.5. The summed E-state index contributed by atoms with van der Waals surface area (Å²) in [6, 6.07) is 29.7. The first-order valence-electron chi connectivity index (χ1n) is 11.5. The minimum Gasteiger partial charge on any atom is -0.465 e. The zero-order chi connectivity index (χ0) is 24.2. The second-order valence-corrected chi connectivity index (χ2v) is 9.94. The molecule has 0 saturated carbocycles. The molecule has 5 rings (SSSR count). The van der Waals surface area contributed by atoms with Crippen LogP contribution in [-0.2, 0) is 16.0 Å². The van der Waals surface area contributed by atoms with Crippen molar-refractivity contribution >= 4 is 35.6 Å². The molecule has 0 heterocycles. The zero-order valence-electron chi connectivity index (χ0n) is 18.9. The third-order valence-electron chi connectivity index (χ3n) is 6.27. The molecule has 5 heteroatoms. The van der Waals surface area contributed by atoms with Gasteiger partial charge in [-0.25, -0.2) is 0 Å². The van der Waals surface area contributed by atoms with Crippen molar-refractivity contribution in [3.63, 3.8) is 0 Å². The molecular formula is C30H23ClO3S. The van der Waals surface area contributed by atoms with Gasteiger partial charge < -0.3 is 4.74 Å². The highest BCUT2D eigenvalue weighted by Gasteiger charge is 2.29. The van der Waals surface area contributed by atoms with Gasteiger partial charge in [0.25, 0.3) is 0 Å². The van der Waals surface area contributed by atoms with Crippen molar-refractivity contribution in [3.05, 3.63) is 118 Å². The van der Waals surface area contributed by atoms with Crippen LogP contribution >= 0.6 is 23.4 Å². The summed E-state index contributed by atoms with van der Waals surface area (Å²) in [5.74, 6) is -0.182. The summed E-state index contributed by atoms with van der Waals surface area (Å²) in [5, 5.41) is 0.612. The van der Waals surface area contributed by atoms with E-state index in [0.29, 0.717) is 23.6 Å². The summed E-state index contributed by atoms with van der Waals surface area (Å²) in [4.78, 5) is 25.9. The van der Waals surface area contributed by atoms with Gasteiger partial charge in [0.05, 0.1) is 0 Å². The van der Waals surface area contributed by atoms with Crippen LogP contribution in [0.15, 0.2) is 101 Å². The fraction of sp³-hybridized carbons (Fsp3) is 0.133. The Morgan fingerprint density at radius 1 is 0.857 bits per heavy atom. The van der Waals surface area contributed by atoms with Crippen LogP contribution in [0.3, 0.4) is 0 Å². The van der Waals surface area contributed by atoms with Crippen LogP contribution in [0, 0.1) is 0 Å². The van der Waals surface area contributed by atoms with Gasteiger partial charge in [-0.2, -0.15) is 0 Å². The number of esters is 1. The Morgan fingerprint density at radius 3 is 2.23 bits per heavy atom. The molecule has 0 amide bonds. The van der Waals surface area contributed by atoms with Gasteiger partial charge in [-0.3, -0.25) is 9.59 Å². The number of halogens is 1. The van der Waals surface area contributed by atoms with E-state index in [1.165, 1.54) is 34.0 Å². The van der Waals surface area contributed by atoms with Gasteiger partial charge in [0.2, 0.25) is 0 Å². The molecule has 0 radical (unpaired) electrons. The Kier molecular flexibility index (Phi) is 7.03. The molecule has 4 aromatic carbocycles. The molecule has 0 unspecified atom stereocenters. The molecule has 3 nitrogen and oxygen atoms in total. The van der Waals surface area contributed by atoms with E-state index < -0.39 is 0 Å². The lowest BCUT2D eigenvalue weighted by Gasteiger charge is -2.15. The highest BCUT2D eigenvalue weighted by atomic mass is 35.5. The van der Waals surface area contributed by atoms with E-state index in [9.17, 15) is 9.59 Å². The first kappa shape index (κ1) is 23.4. The molecule has 1 aliphatic carbocycles. The van der Waals surface area contributed by atoms with Gasteiger partial charge in [-0.05, 0) is 52.4 Å². The summed E-state index contributed by atoms with van der Waals surface area (Å²) in [7, 11) is 0. The van der Waals surface area contributed by atoms with E-state index in [0.717, 1.165) is 21.6 Å². The lowest BCUT2D eigenvalue weighted by molar-refractivity contribution is -0.143. The van der Waals surface area contributed by atoms with Crippen molar-refractivity contribution in [2.45, 2.75) is 28.6 Å². The van der Waals surface area contributed by atoms with E-state index in [1.54, 1.807) is 6.07 Å². The third-order valence-corrected chi connectivity index (χ3v) is 7.69. The van der Waals surface area contributed by atoms with Gasteiger partial charge in [0.1, 0.15) is 6.61 Å². The molecule has 0 spiro atoms. The van der Waals surface area contributed by atoms with Crippen LogP contribution in [0.4, 0.5) is 0 Å². The van der Waals surface area contributed by atoms with Crippen molar-refractivity contribution in [2.75, 3.05) is 6.61 Å². The molecule has 35 heavy (non-hydrogen) atoms. The highest BCUT2D eigenvalue weighted by Crippen LogP contribution is 2.44. The van der Waals surface area contributed by atoms with Crippen LogP contribution < -0.4 is 0 Å². The van der Waals surface area contributed by atoms with Crippen molar-refractivity contribution < 1.29 is 14.3 Å². The monoisotopic (exact) mass is 498 g/mol. The molecule has 1 aliphatic rings. The number of aldehydes is 1. The number of carbonyl (C=O) groups excluding carboxylic acids is 2. The second-order valence-electron chi connectivity index (χ2n) is 8.42. The van der Waals surface area contributed by atoms with E-state index >= 15 is 0 Å².